The van der Waals surface area contributed by atoms with Gasteiger partial charge in [0.1, 0.15) is 0 Å². The summed E-state index contributed by atoms with van der Waals surface area (Å²) in [5.74, 6) is -1.39. The normalized spacial score (nSPS) is 12.1. The molecular weight excluding hydrogens is 262 g/mol. The van der Waals surface area contributed by atoms with Gasteiger partial charge in [0.15, 0.2) is 0 Å². The molecule has 0 saturated heterocycles. The predicted octanol–water partition coefficient (Wildman–Crippen LogP) is 3.45. The largest absolute Gasteiger partial charge is 0.481 e. The zero-order valence-corrected chi connectivity index (χ0v) is 11.3. The minimum absolute atomic E-state index is 0.442. The van der Waals surface area contributed by atoms with Crippen LogP contribution >= 0.6 is 11.6 Å². The Hall–Kier alpha value is -1.87. The topological polar surface area (TPSA) is 50.2 Å². The number of hydrogen-bond donors (Lipinski definition) is 1. The van der Waals surface area contributed by atoms with E-state index >= 15 is 0 Å². The Labute approximate surface area is 116 Å². The third kappa shape index (κ3) is 3.32. The molecule has 1 atom stereocenters. The van der Waals surface area contributed by atoms with Gasteiger partial charge in [0.05, 0.1) is 5.92 Å². The van der Waals surface area contributed by atoms with Crippen molar-refractivity contribution < 1.29 is 9.90 Å². The number of pyridine rings is 1. The first-order chi connectivity index (χ1) is 9.08. The van der Waals surface area contributed by atoms with Crippen LogP contribution in [-0.2, 0) is 11.2 Å². The van der Waals surface area contributed by atoms with Crippen molar-refractivity contribution in [2.75, 3.05) is 0 Å². The van der Waals surface area contributed by atoms with Crippen LogP contribution in [0.2, 0.25) is 5.02 Å². The lowest BCUT2D eigenvalue weighted by atomic mass is 9.90. The van der Waals surface area contributed by atoms with Crippen LogP contribution in [0.15, 0.2) is 42.7 Å². The Kier molecular flexibility index (Phi) is 4.17. The lowest BCUT2D eigenvalue weighted by molar-refractivity contribution is -0.138. The highest BCUT2D eigenvalue weighted by Gasteiger charge is 2.21. The number of aryl methyl sites for hydroxylation is 1. The second-order valence-electron chi connectivity index (χ2n) is 4.45. The summed E-state index contributed by atoms with van der Waals surface area (Å²) in [6.45, 7) is 1.88. The van der Waals surface area contributed by atoms with Gasteiger partial charge in [-0.25, -0.2) is 0 Å². The molecule has 1 N–H and O–H groups in total. The van der Waals surface area contributed by atoms with Crippen molar-refractivity contribution >= 4 is 17.6 Å². The molecule has 0 aliphatic rings. The minimum Gasteiger partial charge on any atom is -0.481 e. The van der Waals surface area contributed by atoms with Crippen LogP contribution in [0.3, 0.4) is 0 Å². The fourth-order valence-electron chi connectivity index (χ4n) is 2.06. The van der Waals surface area contributed by atoms with E-state index in [1.54, 1.807) is 30.6 Å². The van der Waals surface area contributed by atoms with Gasteiger partial charge in [0, 0.05) is 17.4 Å². The van der Waals surface area contributed by atoms with E-state index in [2.05, 4.69) is 4.98 Å². The molecule has 0 amide bonds. The highest BCUT2D eigenvalue weighted by Crippen LogP contribution is 2.24. The molecule has 2 rings (SSSR count). The predicted molar refractivity (Wildman–Crippen MR) is 74.5 cm³/mol. The summed E-state index contributed by atoms with van der Waals surface area (Å²) in [7, 11) is 0. The maximum atomic E-state index is 11.5. The smallest absolute Gasteiger partial charge is 0.311 e. The second kappa shape index (κ2) is 5.85. The summed E-state index contributed by atoms with van der Waals surface area (Å²) in [4.78, 5) is 15.5. The molecule has 1 aromatic heterocycles. The van der Waals surface area contributed by atoms with Crippen molar-refractivity contribution in [3.05, 3.63) is 64.4 Å². The maximum Gasteiger partial charge on any atom is 0.311 e. The van der Waals surface area contributed by atoms with E-state index in [0.717, 1.165) is 16.7 Å². The lowest BCUT2D eigenvalue weighted by Gasteiger charge is -2.15. The fraction of sp³-hybridized carbons (Fsp3) is 0.200. The van der Waals surface area contributed by atoms with E-state index in [1.165, 1.54) is 0 Å². The molecule has 2 aromatic rings. The monoisotopic (exact) mass is 275 g/mol. The van der Waals surface area contributed by atoms with E-state index in [0.29, 0.717) is 11.4 Å². The molecule has 0 radical (unpaired) electrons. The molecule has 1 unspecified atom stereocenters. The van der Waals surface area contributed by atoms with Gasteiger partial charge in [0.25, 0.3) is 0 Å². The number of rotatable bonds is 4. The molecule has 0 spiro atoms. The van der Waals surface area contributed by atoms with E-state index in [9.17, 15) is 9.90 Å². The van der Waals surface area contributed by atoms with Crippen LogP contribution in [0.4, 0.5) is 0 Å². The Morgan fingerprint density at radius 1 is 1.32 bits per heavy atom. The van der Waals surface area contributed by atoms with Crippen LogP contribution in [0, 0.1) is 6.92 Å². The van der Waals surface area contributed by atoms with E-state index in [-0.39, 0.29) is 0 Å². The van der Waals surface area contributed by atoms with Crippen molar-refractivity contribution in [2.45, 2.75) is 19.3 Å². The Balaban J connectivity index is 2.29. The fourth-order valence-corrected chi connectivity index (χ4v) is 2.19. The molecule has 0 aliphatic carbocycles. The molecule has 1 aromatic carbocycles. The standard InChI is InChI=1S/C15H14ClNO2/c1-10-9-17-7-6-13(10)14(15(18)19)8-11-2-4-12(16)5-3-11/h2-7,9,14H,8H2,1H3,(H,18,19). The summed E-state index contributed by atoms with van der Waals surface area (Å²) < 4.78 is 0. The summed E-state index contributed by atoms with van der Waals surface area (Å²) in [5, 5.41) is 10.1. The Bertz CT molecular complexity index is 581. The number of halogens is 1. The van der Waals surface area contributed by atoms with Gasteiger partial charge in [-0.3, -0.25) is 9.78 Å². The lowest BCUT2D eigenvalue weighted by Crippen LogP contribution is -2.15. The Morgan fingerprint density at radius 3 is 2.58 bits per heavy atom. The van der Waals surface area contributed by atoms with Crippen LogP contribution in [-0.4, -0.2) is 16.1 Å². The molecule has 98 valence electrons. The second-order valence-corrected chi connectivity index (χ2v) is 4.89. The zero-order chi connectivity index (χ0) is 13.8. The van der Waals surface area contributed by atoms with Gasteiger partial charge in [0.2, 0.25) is 0 Å². The van der Waals surface area contributed by atoms with E-state index < -0.39 is 11.9 Å². The average Bonchev–Trinajstić information content (AvgIpc) is 2.39. The number of hydrogen-bond acceptors (Lipinski definition) is 2. The number of carboxylic acids is 1. The van der Waals surface area contributed by atoms with Gasteiger partial charge < -0.3 is 5.11 Å². The van der Waals surface area contributed by atoms with E-state index in [4.69, 9.17) is 11.6 Å². The third-order valence-corrected chi connectivity index (χ3v) is 3.34. The molecule has 19 heavy (non-hydrogen) atoms. The van der Waals surface area contributed by atoms with Crippen molar-refractivity contribution in [2.24, 2.45) is 0 Å². The molecule has 4 heteroatoms. The number of aliphatic carboxylic acids is 1. The molecule has 0 bridgehead atoms. The van der Waals surface area contributed by atoms with Gasteiger partial charge >= 0.3 is 5.97 Å². The Morgan fingerprint density at radius 2 is 2.00 bits per heavy atom. The van der Waals surface area contributed by atoms with Crippen molar-refractivity contribution in [1.82, 2.24) is 4.98 Å². The number of carboxylic acid groups (broad SMARTS) is 1. The van der Waals surface area contributed by atoms with Gasteiger partial charge in [-0.2, -0.15) is 0 Å². The number of benzene rings is 1. The molecule has 1 heterocycles. The van der Waals surface area contributed by atoms with E-state index in [1.807, 2.05) is 19.1 Å². The maximum absolute atomic E-state index is 11.5. The van der Waals surface area contributed by atoms with Crippen LogP contribution < -0.4 is 0 Å². The summed E-state index contributed by atoms with van der Waals surface area (Å²) in [6.07, 6.45) is 3.75. The highest BCUT2D eigenvalue weighted by molar-refractivity contribution is 6.30. The first kappa shape index (κ1) is 13.6. The number of aromatic nitrogens is 1. The SMILES string of the molecule is Cc1cnccc1C(Cc1ccc(Cl)cc1)C(=O)O. The minimum atomic E-state index is -0.829. The number of nitrogens with zero attached hydrogens (tertiary/aromatic N) is 1. The molecule has 3 nitrogen and oxygen atoms in total. The number of carbonyl (C=O) groups is 1. The molecular formula is C15H14ClNO2. The first-order valence-corrected chi connectivity index (χ1v) is 6.33. The average molecular weight is 276 g/mol. The van der Waals surface area contributed by atoms with Crippen molar-refractivity contribution in [1.29, 1.82) is 0 Å². The summed E-state index contributed by atoms with van der Waals surface area (Å²) in [6, 6.07) is 9.03. The third-order valence-electron chi connectivity index (χ3n) is 3.09. The summed E-state index contributed by atoms with van der Waals surface area (Å²) >= 11 is 5.83. The first-order valence-electron chi connectivity index (χ1n) is 5.95. The van der Waals surface area contributed by atoms with Gasteiger partial charge in [-0.1, -0.05) is 23.7 Å². The van der Waals surface area contributed by atoms with Crippen LogP contribution in [0.25, 0.3) is 0 Å². The quantitative estimate of drug-likeness (QED) is 0.930. The molecule has 0 aliphatic heterocycles. The van der Waals surface area contributed by atoms with Crippen LogP contribution in [0.1, 0.15) is 22.6 Å². The van der Waals surface area contributed by atoms with Crippen LogP contribution in [0.5, 0.6) is 0 Å². The zero-order valence-electron chi connectivity index (χ0n) is 10.5. The molecule has 0 saturated carbocycles. The van der Waals surface area contributed by atoms with Gasteiger partial charge in [-0.15, -0.1) is 0 Å². The van der Waals surface area contributed by atoms with Gasteiger partial charge in [-0.05, 0) is 48.2 Å². The molecule has 0 fully saturated rings. The highest BCUT2D eigenvalue weighted by atomic mass is 35.5. The summed E-state index contributed by atoms with van der Waals surface area (Å²) in [5.41, 5.74) is 2.65. The van der Waals surface area contributed by atoms with Crippen molar-refractivity contribution in [3.63, 3.8) is 0 Å². The van der Waals surface area contributed by atoms with Crippen molar-refractivity contribution in [3.8, 4) is 0 Å².